The van der Waals surface area contributed by atoms with Gasteiger partial charge in [0.1, 0.15) is 11.7 Å². The average molecular weight is 494 g/mol. The molecule has 0 spiro atoms. The maximum absolute atomic E-state index is 13.2. The van der Waals surface area contributed by atoms with Crippen molar-refractivity contribution in [2.45, 2.75) is 89.5 Å². The van der Waals surface area contributed by atoms with E-state index in [9.17, 15) is 9.59 Å². The number of carbonyl (C=O) groups is 2. The van der Waals surface area contributed by atoms with Crippen molar-refractivity contribution in [1.29, 1.82) is 0 Å². The highest BCUT2D eigenvalue weighted by atomic mass is 16.6. The van der Waals surface area contributed by atoms with Crippen LogP contribution in [0.3, 0.4) is 0 Å². The van der Waals surface area contributed by atoms with Gasteiger partial charge in [-0.1, -0.05) is 57.2 Å². The minimum atomic E-state index is -0.635. The predicted molar refractivity (Wildman–Crippen MR) is 141 cm³/mol. The van der Waals surface area contributed by atoms with E-state index in [1.54, 1.807) is 0 Å². The van der Waals surface area contributed by atoms with Crippen molar-refractivity contribution in [1.82, 2.24) is 10.2 Å². The number of nitrogens with one attached hydrogen (secondary N) is 1. The monoisotopic (exact) mass is 493 g/mol. The van der Waals surface area contributed by atoms with Crippen molar-refractivity contribution < 1.29 is 19.1 Å². The molecule has 1 aliphatic carbocycles. The van der Waals surface area contributed by atoms with Gasteiger partial charge in [-0.2, -0.15) is 0 Å². The van der Waals surface area contributed by atoms with E-state index in [1.807, 2.05) is 49.9 Å². The van der Waals surface area contributed by atoms with Gasteiger partial charge in [-0.15, -0.1) is 0 Å². The molecule has 7 nitrogen and oxygen atoms in total. The Morgan fingerprint density at radius 1 is 1.14 bits per heavy atom. The number of anilines is 1. The molecule has 1 heterocycles. The Bertz CT molecular complexity index is 1110. The molecule has 3 N–H and O–H groups in total. The van der Waals surface area contributed by atoms with Crippen LogP contribution in [0.5, 0.6) is 0 Å². The third-order valence-electron chi connectivity index (χ3n) is 6.93. The zero-order chi connectivity index (χ0) is 26.3. The summed E-state index contributed by atoms with van der Waals surface area (Å²) in [5, 5.41) is 2.96. The number of ether oxygens (including phenoxy) is 2. The van der Waals surface area contributed by atoms with Crippen LogP contribution in [0.25, 0.3) is 0 Å². The smallest absolute Gasteiger partial charge is 0.411 e. The highest BCUT2D eigenvalue weighted by Crippen LogP contribution is 2.53. The number of cyclic esters (lactones) is 1. The fourth-order valence-corrected chi connectivity index (χ4v) is 4.79. The summed E-state index contributed by atoms with van der Waals surface area (Å²) in [6.45, 7) is 12.4. The molecular formula is C29H39N3O4. The first-order chi connectivity index (χ1) is 16.8. The minimum Gasteiger partial charge on any atom is -0.444 e. The summed E-state index contributed by atoms with van der Waals surface area (Å²) in [6, 6.07) is 15.6. The lowest BCUT2D eigenvalue weighted by Gasteiger charge is -2.29. The summed E-state index contributed by atoms with van der Waals surface area (Å²) in [6.07, 6.45) is 0.890. The van der Waals surface area contributed by atoms with Crippen LogP contribution in [0.1, 0.15) is 71.1 Å². The molecule has 4 rings (SSSR count). The Morgan fingerprint density at radius 3 is 2.39 bits per heavy atom. The lowest BCUT2D eigenvalue weighted by molar-refractivity contribution is 0.0436. The summed E-state index contributed by atoms with van der Waals surface area (Å²) >= 11 is 0. The first-order valence-electron chi connectivity index (χ1n) is 12.7. The van der Waals surface area contributed by atoms with Gasteiger partial charge in [0.2, 0.25) is 0 Å². The molecule has 36 heavy (non-hydrogen) atoms. The molecule has 0 aromatic heterocycles. The summed E-state index contributed by atoms with van der Waals surface area (Å²) in [5.41, 5.74) is 8.91. The third-order valence-corrected chi connectivity index (χ3v) is 6.93. The van der Waals surface area contributed by atoms with E-state index in [2.05, 4.69) is 50.4 Å². The van der Waals surface area contributed by atoms with Gasteiger partial charge in [0.15, 0.2) is 0 Å². The Kier molecular flexibility index (Phi) is 6.71. The van der Waals surface area contributed by atoms with Gasteiger partial charge in [0, 0.05) is 5.69 Å². The number of hydrogen-bond donors (Lipinski definition) is 2. The Morgan fingerprint density at radius 2 is 1.81 bits per heavy atom. The molecule has 1 saturated heterocycles. The van der Waals surface area contributed by atoms with Gasteiger partial charge in [-0.3, -0.25) is 4.90 Å². The zero-order valence-electron chi connectivity index (χ0n) is 22.3. The second-order valence-corrected chi connectivity index (χ2v) is 12.1. The van der Waals surface area contributed by atoms with Crippen LogP contribution >= 0.6 is 0 Å². The number of nitrogen functional groups attached to an aromatic ring is 1. The van der Waals surface area contributed by atoms with Crippen molar-refractivity contribution in [2.24, 2.45) is 0 Å². The predicted octanol–water partition coefficient (Wildman–Crippen LogP) is 5.51. The van der Waals surface area contributed by atoms with E-state index < -0.39 is 23.8 Å². The molecule has 2 aromatic rings. The van der Waals surface area contributed by atoms with Gasteiger partial charge in [0.25, 0.3) is 0 Å². The lowest BCUT2D eigenvalue weighted by Crippen LogP contribution is -2.48. The van der Waals surface area contributed by atoms with Crippen molar-refractivity contribution in [2.75, 3.05) is 12.3 Å². The van der Waals surface area contributed by atoms with Gasteiger partial charge >= 0.3 is 12.2 Å². The summed E-state index contributed by atoms with van der Waals surface area (Å²) in [5.74, 6) is 0. The first-order valence-corrected chi connectivity index (χ1v) is 12.7. The molecule has 2 unspecified atom stereocenters. The van der Waals surface area contributed by atoms with Crippen molar-refractivity contribution in [3.63, 3.8) is 0 Å². The summed E-state index contributed by atoms with van der Waals surface area (Å²) < 4.78 is 11.4. The number of nitrogens with zero attached hydrogens (tertiary/aromatic N) is 1. The highest BCUT2D eigenvalue weighted by Gasteiger charge is 2.56. The second-order valence-electron chi connectivity index (χ2n) is 12.1. The molecule has 0 radical (unpaired) electrons. The highest BCUT2D eigenvalue weighted by molar-refractivity contribution is 5.73. The van der Waals surface area contributed by atoms with Gasteiger partial charge in [-0.05, 0) is 74.3 Å². The fourth-order valence-electron chi connectivity index (χ4n) is 4.79. The molecule has 1 saturated carbocycles. The van der Waals surface area contributed by atoms with E-state index in [1.165, 1.54) is 5.56 Å². The molecule has 194 valence electrons. The molecule has 2 aromatic carbocycles. The largest absolute Gasteiger partial charge is 0.444 e. The molecule has 1 aliphatic heterocycles. The Labute approximate surface area is 214 Å². The topological polar surface area (TPSA) is 93.9 Å². The van der Waals surface area contributed by atoms with E-state index >= 15 is 0 Å². The lowest BCUT2D eigenvalue weighted by atomic mass is 9.85. The molecule has 0 bridgehead atoms. The van der Waals surface area contributed by atoms with Crippen LogP contribution in [0.4, 0.5) is 15.3 Å². The van der Waals surface area contributed by atoms with Crippen molar-refractivity contribution in [3.8, 4) is 0 Å². The van der Waals surface area contributed by atoms with E-state index in [0.717, 1.165) is 24.0 Å². The number of nitrogens with two attached hydrogens (primary N) is 1. The minimum absolute atomic E-state index is 0.0155. The molecule has 2 aliphatic rings. The number of alkyl carbamates (subject to hydrolysis) is 1. The third kappa shape index (κ3) is 5.77. The van der Waals surface area contributed by atoms with Crippen molar-refractivity contribution >= 4 is 17.9 Å². The molecule has 7 heteroatoms. The van der Waals surface area contributed by atoms with Crippen LogP contribution in [-0.2, 0) is 26.8 Å². The zero-order valence-corrected chi connectivity index (χ0v) is 22.3. The van der Waals surface area contributed by atoms with Gasteiger partial charge < -0.3 is 20.5 Å². The first kappa shape index (κ1) is 25.9. The van der Waals surface area contributed by atoms with Crippen LogP contribution < -0.4 is 11.1 Å². The van der Waals surface area contributed by atoms with Gasteiger partial charge in [-0.25, -0.2) is 9.59 Å². The standard InChI is InChI=1S/C29H39N3O4/c1-27(2,3)20-8-7-9-21(17-20)29(14-15-29)32-18-24(35-26(32)34)23(31-25(33)36-28(4,5)6)16-19-10-12-22(30)13-11-19/h7-13,17,23-24H,14-16,18,30H2,1-6H3,(H,31,33). The number of rotatable bonds is 6. The van der Waals surface area contributed by atoms with E-state index in [4.69, 9.17) is 15.2 Å². The molecule has 2 fully saturated rings. The fraction of sp³-hybridized carbons (Fsp3) is 0.517. The second kappa shape index (κ2) is 9.34. The number of hydrogen-bond acceptors (Lipinski definition) is 5. The maximum atomic E-state index is 13.2. The Balaban J connectivity index is 1.56. The number of amides is 2. The quantitative estimate of drug-likeness (QED) is 0.518. The SMILES string of the molecule is CC(C)(C)OC(=O)NC(Cc1ccc(N)cc1)C1CN(C2(c3cccc(C(C)(C)C)c3)CC2)C(=O)O1. The normalized spacial score (nSPS) is 20.0. The molecular weight excluding hydrogens is 454 g/mol. The van der Waals surface area contributed by atoms with Crippen molar-refractivity contribution in [3.05, 3.63) is 65.2 Å². The Hall–Kier alpha value is -3.22. The van der Waals surface area contributed by atoms with Crippen LogP contribution in [0.2, 0.25) is 0 Å². The average Bonchev–Trinajstić information content (AvgIpc) is 3.49. The number of carbonyl (C=O) groups excluding carboxylic acids is 2. The maximum Gasteiger partial charge on any atom is 0.411 e. The molecule has 2 atom stereocenters. The summed E-state index contributed by atoms with van der Waals surface area (Å²) in [4.78, 5) is 27.7. The molecule has 2 amide bonds. The summed E-state index contributed by atoms with van der Waals surface area (Å²) in [7, 11) is 0. The van der Waals surface area contributed by atoms with E-state index in [-0.39, 0.29) is 17.0 Å². The van der Waals surface area contributed by atoms with Crippen LogP contribution in [-0.4, -0.2) is 41.4 Å². The van der Waals surface area contributed by atoms with Crippen LogP contribution in [0, 0.1) is 0 Å². The van der Waals surface area contributed by atoms with E-state index in [0.29, 0.717) is 18.7 Å². The van der Waals surface area contributed by atoms with Gasteiger partial charge in [0.05, 0.1) is 18.1 Å². The number of benzene rings is 2. The van der Waals surface area contributed by atoms with Crippen LogP contribution in [0.15, 0.2) is 48.5 Å².